The van der Waals surface area contributed by atoms with Crippen LogP contribution in [0, 0.1) is 0 Å². The van der Waals surface area contributed by atoms with Crippen LogP contribution in [-0.2, 0) is 0 Å². The number of hydrazine groups is 1. The molecule has 3 rings (SSSR count). The van der Waals surface area contributed by atoms with E-state index >= 15 is 8.78 Å². The molecule has 0 heterocycles. The molecule has 0 aliphatic rings. The van der Waals surface area contributed by atoms with Crippen LogP contribution in [-0.4, -0.2) is 24.7 Å². The Labute approximate surface area is 172 Å². The number of carbonyl (C=O) groups excluding carboxylic acids is 2. The van der Waals surface area contributed by atoms with Crippen molar-refractivity contribution in [3.63, 3.8) is 0 Å². The van der Waals surface area contributed by atoms with Gasteiger partial charge >= 0.3 is 5.92 Å². The summed E-state index contributed by atoms with van der Waals surface area (Å²) in [5.41, 5.74) is 4.92. The molecule has 2 N–H and O–H groups in total. The van der Waals surface area contributed by atoms with E-state index in [9.17, 15) is 9.59 Å². The van der Waals surface area contributed by atoms with E-state index < -0.39 is 23.7 Å². The van der Waals surface area contributed by atoms with Crippen molar-refractivity contribution in [3.05, 3.63) is 102 Å². The van der Waals surface area contributed by atoms with Crippen molar-refractivity contribution >= 4 is 11.7 Å². The van der Waals surface area contributed by atoms with Gasteiger partial charge in [-0.25, -0.2) is 5.43 Å². The summed E-state index contributed by atoms with van der Waals surface area (Å²) in [6.07, 6.45) is 0. The molecule has 7 heteroatoms. The highest BCUT2D eigenvalue weighted by molar-refractivity contribution is 6.02. The fourth-order valence-electron chi connectivity index (χ4n) is 2.89. The van der Waals surface area contributed by atoms with Crippen LogP contribution in [0.1, 0.15) is 32.3 Å². The molecule has 0 saturated heterocycles. The maximum atomic E-state index is 15.2. The van der Waals surface area contributed by atoms with Gasteiger partial charge in [-0.1, -0.05) is 60.7 Å². The van der Waals surface area contributed by atoms with Gasteiger partial charge in [0, 0.05) is 11.1 Å². The molecule has 0 aliphatic heterocycles. The van der Waals surface area contributed by atoms with Crippen LogP contribution in [0.4, 0.5) is 8.78 Å². The molecule has 1 atom stereocenters. The number of rotatable bonds is 8. The molecule has 154 valence electrons. The van der Waals surface area contributed by atoms with Gasteiger partial charge in [0.2, 0.25) is 5.78 Å². The average Bonchev–Trinajstić information content (AvgIpc) is 2.79. The number of Topliss-reactive ketones (excluding diaryl/α,β-unsaturated/α-hetero) is 1. The molecular weight excluding hydrogens is 390 g/mol. The summed E-state index contributed by atoms with van der Waals surface area (Å²) in [6.45, 7) is 0. The monoisotopic (exact) mass is 410 g/mol. The molecule has 1 unspecified atom stereocenters. The summed E-state index contributed by atoms with van der Waals surface area (Å²) in [5.74, 6) is -5.23. The number of ether oxygens (including phenoxy) is 1. The van der Waals surface area contributed by atoms with E-state index in [2.05, 4.69) is 10.9 Å². The van der Waals surface area contributed by atoms with Crippen LogP contribution in [0.25, 0.3) is 0 Å². The van der Waals surface area contributed by atoms with Gasteiger partial charge in [0.25, 0.3) is 5.91 Å². The van der Waals surface area contributed by atoms with Gasteiger partial charge in [-0.05, 0) is 29.8 Å². The Balaban J connectivity index is 1.84. The fraction of sp³-hybridized carbons (Fsp3) is 0.130. The van der Waals surface area contributed by atoms with E-state index in [-0.39, 0.29) is 16.7 Å². The Morgan fingerprint density at radius 2 is 1.40 bits per heavy atom. The van der Waals surface area contributed by atoms with Crippen molar-refractivity contribution in [1.82, 2.24) is 10.9 Å². The zero-order valence-electron chi connectivity index (χ0n) is 16.1. The molecule has 0 bridgehead atoms. The van der Waals surface area contributed by atoms with Gasteiger partial charge in [-0.15, -0.1) is 0 Å². The molecule has 0 radical (unpaired) electrons. The first-order chi connectivity index (χ1) is 14.4. The summed E-state index contributed by atoms with van der Waals surface area (Å²) in [7, 11) is 1.49. The van der Waals surface area contributed by atoms with Crippen LogP contribution < -0.4 is 15.6 Å². The van der Waals surface area contributed by atoms with E-state index in [1.165, 1.54) is 55.6 Å². The Bertz CT molecular complexity index is 994. The maximum absolute atomic E-state index is 15.2. The number of hydrogen-bond acceptors (Lipinski definition) is 4. The largest absolute Gasteiger partial charge is 0.497 e. The average molecular weight is 410 g/mol. The molecular formula is C23H20F2N2O3. The number of hydrogen-bond donors (Lipinski definition) is 2. The molecule has 0 saturated carbocycles. The molecule has 30 heavy (non-hydrogen) atoms. The second-order valence-electron chi connectivity index (χ2n) is 6.49. The third-order valence-electron chi connectivity index (χ3n) is 4.52. The van der Waals surface area contributed by atoms with Crippen molar-refractivity contribution in [1.29, 1.82) is 0 Å². The van der Waals surface area contributed by atoms with Crippen LogP contribution in [0.15, 0.2) is 84.9 Å². The Kier molecular flexibility index (Phi) is 6.54. The van der Waals surface area contributed by atoms with E-state index in [0.717, 1.165) is 0 Å². The lowest BCUT2D eigenvalue weighted by molar-refractivity contribution is -0.0194. The van der Waals surface area contributed by atoms with Crippen LogP contribution in [0.3, 0.4) is 0 Å². The SMILES string of the molecule is COc1ccc(C(=O)NNC(c2ccccc2)C(F)(F)C(=O)c2ccccc2)cc1. The second kappa shape index (κ2) is 9.28. The smallest absolute Gasteiger partial charge is 0.330 e. The van der Waals surface area contributed by atoms with Gasteiger partial charge in [-0.2, -0.15) is 8.78 Å². The fourth-order valence-corrected chi connectivity index (χ4v) is 2.89. The van der Waals surface area contributed by atoms with Gasteiger partial charge in [0.15, 0.2) is 0 Å². The van der Waals surface area contributed by atoms with Crippen LogP contribution >= 0.6 is 0 Å². The number of benzene rings is 3. The lowest BCUT2D eigenvalue weighted by Crippen LogP contribution is -2.50. The van der Waals surface area contributed by atoms with Crippen molar-refractivity contribution in [3.8, 4) is 5.75 Å². The predicted molar refractivity (Wildman–Crippen MR) is 108 cm³/mol. The first-order valence-corrected chi connectivity index (χ1v) is 9.16. The van der Waals surface area contributed by atoms with Gasteiger partial charge in [-0.3, -0.25) is 15.0 Å². The topological polar surface area (TPSA) is 67.4 Å². The molecule has 0 spiro atoms. The maximum Gasteiger partial charge on any atom is 0.330 e. The molecule has 0 fully saturated rings. The van der Waals surface area contributed by atoms with E-state index in [1.54, 1.807) is 36.4 Å². The Hall–Kier alpha value is -3.58. The number of halogens is 2. The van der Waals surface area contributed by atoms with E-state index in [4.69, 9.17) is 4.74 Å². The number of amides is 1. The highest BCUT2D eigenvalue weighted by Crippen LogP contribution is 2.34. The number of alkyl halides is 2. The molecule has 5 nitrogen and oxygen atoms in total. The summed E-state index contributed by atoms with van der Waals surface area (Å²) in [5, 5.41) is 0. The van der Waals surface area contributed by atoms with Crippen LogP contribution in [0.2, 0.25) is 0 Å². The zero-order chi connectivity index (χ0) is 21.6. The third kappa shape index (κ3) is 4.69. The van der Waals surface area contributed by atoms with Crippen molar-refractivity contribution in [2.45, 2.75) is 12.0 Å². The first-order valence-electron chi connectivity index (χ1n) is 9.16. The number of carbonyl (C=O) groups is 2. The lowest BCUT2D eigenvalue weighted by Gasteiger charge is -2.27. The van der Waals surface area contributed by atoms with Crippen LogP contribution in [0.5, 0.6) is 5.75 Å². The lowest BCUT2D eigenvalue weighted by atomic mass is 9.94. The molecule has 3 aromatic rings. The predicted octanol–water partition coefficient (Wildman–Crippen LogP) is 4.19. The standard InChI is InChI=1S/C23H20F2N2O3/c1-30-19-14-12-18(13-15-19)22(29)27-26-20(16-8-4-2-5-9-16)23(24,25)21(28)17-10-6-3-7-11-17/h2-15,20,26H,1H3,(H,27,29). The molecule has 3 aromatic carbocycles. The summed E-state index contributed by atoms with van der Waals surface area (Å²) >= 11 is 0. The molecule has 1 amide bonds. The van der Waals surface area contributed by atoms with Gasteiger partial charge < -0.3 is 4.74 Å². The third-order valence-corrected chi connectivity index (χ3v) is 4.52. The quantitative estimate of drug-likeness (QED) is 0.432. The minimum absolute atomic E-state index is 0.119. The van der Waals surface area contributed by atoms with E-state index in [0.29, 0.717) is 5.75 Å². The number of methoxy groups -OCH3 is 1. The van der Waals surface area contributed by atoms with Crippen molar-refractivity contribution in [2.24, 2.45) is 0 Å². The normalized spacial score (nSPS) is 12.1. The van der Waals surface area contributed by atoms with Gasteiger partial charge in [0.1, 0.15) is 11.8 Å². The van der Waals surface area contributed by atoms with Crippen molar-refractivity contribution in [2.75, 3.05) is 7.11 Å². The summed E-state index contributed by atoms with van der Waals surface area (Å²) in [4.78, 5) is 25.0. The first kappa shape index (κ1) is 21.1. The minimum atomic E-state index is -3.82. The number of nitrogens with one attached hydrogen (secondary N) is 2. The summed E-state index contributed by atoms with van der Waals surface area (Å²) < 4.78 is 35.5. The van der Waals surface area contributed by atoms with Crippen molar-refractivity contribution < 1.29 is 23.1 Å². The zero-order valence-corrected chi connectivity index (χ0v) is 16.1. The Morgan fingerprint density at radius 1 is 0.833 bits per heavy atom. The molecule has 0 aromatic heterocycles. The van der Waals surface area contributed by atoms with Gasteiger partial charge in [0.05, 0.1) is 7.11 Å². The van der Waals surface area contributed by atoms with E-state index in [1.807, 2.05) is 0 Å². The second-order valence-corrected chi connectivity index (χ2v) is 6.49. The molecule has 0 aliphatic carbocycles. The Morgan fingerprint density at radius 3 is 1.97 bits per heavy atom. The highest BCUT2D eigenvalue weighted by atomic mass is 19.3. The minimum Gasteiger partial charge on any atom is -0.497 e. The highest BCUT2D eigenvalue weighted by Gasteiger charge is 2.48. The summed E-state index contributed by atoms with van der Waals surface area (Å²) in [6, 6.07) is 19.5. The number of ketones is 1.